The van der Waals surface area contributed by atoms with Crippen LogP contribution in [0, 0.1) is 0 Å². The summed E-state index contributed by atoms with van der Waals surface area (Å²) >= 11 is 0. The molecule has 3 rings (SSSR count). The number of hydrogen-bond donors (Lipinski definition) is 1. The maximum Gasteiger partial charge on any atom is 0.327 e. The Morgan fingerprint density at radius 2 is 2.21 bits per heavy atom. The first kappa shape index (κ1) is 11.5. The van der Waals surface area contributed by atoms with Crippen LogP contribution in [0.4, 0.5) is 5.69 Å². The van der Waals surface area contributed by atoms with E-state index in [9.17, 15) is 14.4 Å². The van der Waals surface area contributed by atoms with Crippen LogP contribution in [0.1, 0.15) is 0 Å². The molecule has 1 amide bonds. The molecule has 0 unspecified atom stereocenters. The molecule has 0 spiro atoms. The van der Waals surface area contributed by atoms with Gasteiger partial charge >= 0.3 is 11.7 Å². The molecule has 1 aromatic carbocycles. The number of carbonyl (C=O) groups is 2. The molecule has 0 aliphatic carbocycles. The number of hydrogen-bond acceptors (Lipinski definition) is 4. The minimum atomic E-state index is -0.503. The fourth-order valence-corrected chi connectivity index (χ4v) is 2.29. The highest BCUT2D eigenvalue weighted by Crippen LogP contribution is 2.28. The lowest BCUT2D eigenvalue weighted by Crippen LogP contribution is -2.42. The second-order valence-electron chi connectivity index (χ2n) is 4.25. The van der Waals surface area contributed by atoms with E-state index in [4.69, 9.17) is 0 Å². The summed E-state index contributed by atoms with van der Waals surface area (Å²) < 4.78 is 5.96. The topological polar surface area (TPSA) is 84.4 Å². The lowest BCUT2D eigenvalue weighted by molar-refractivity contribution is -0.140. The number of imidazole rings is 1. The number of nitrogens with zero attached hydrogens (tertiary/aromatic N) is 2. The van der Waals surface area contributed by atoms with Gasteiger partial charge < -0.3 is 9.72 Å². The Balaban J connectivity index is 2.20. The first-order valence-electron chi connectivity index (χ1n) is 5.70. The van der Waals surface area contributed by atoms with Crippen LogP contribution in [-0.2, 0) is 20.9 Å². The maximum atomic E-state index is 12.0. The maximum absolute atomic E-state index is 12.0. The number of ether oxygens (including phenoxy) is 1. The van der Waals surface area contributed by atoms with E-state index in [1.807, 2.05) is 0 Å². The van der Waals surface area contributed by atoms with Gasteiger partial charge in [0, 0.05) is 0 Å². The zero-order valence-electron chi connectivity index (χ0n) is 10.2. The lowest BCUT2D eigenvalue weighted by Gasteiger charge is -2.26. The van der Waals surface area contributed by atoms with Crippen molar-refractivity contribution >= 4 is 28.6 Å². The number of anilines is 1. The smallest absolute Gasteiger partial charge is 0.327 e. The summed E-state index contributed by atoms with van der Waals surface area (Å²) in [5, 5.41) is 0. The van der Waals surface area contributed by atoms with Crippen LogP contribution in [0.5, 0.6) is 0 Å². The Morgan fingerprint density at radius 1 is 1.42 bits per heavy atom. The zero-order valence-corrected chi connectivity index (χ0v) is 10.2. The molecule has 7 nitrogen and oxygen atoms in total. The standard InChI is InChI=1S/C12H11N3O4/c1-19-10(17)6-14-8-4-2-3-7-11(8)15(5-9(14)16)12(18)13-7/h2-4H,5-6H2,1H3,(H,13,18). The summed E-state index contributed by atoms with van der Waals surface area (Å²) in [6, 6.07) is 5.18. The normalized spacial score (nSPS) is 13.9. The van der Waals surface area contributed by atoms with Crippen LogP contribution >= 0.6 is 0 Å². The number of aromatic nitrogens is 2. The molecule has 2 heterocycles. The number of rotatable bonds is 2. The van der Waals surface area contributed by atoms with Gasteiger partial charge in [-0.25, -0.2) is 4.79 Å². The molecule has 0 atom stereocenters. The van der Waals surface area contributed by atoms with E-state index in [0.29, 0.717) is 16.7 Å². The van der Waals surface area contributed by atoms with Gasteiger partial charge in [0.1, 0.15) is 13.1 Å². The molecule has 1 aliphatic rings. The van der Waals surface area contributed by atoms with Crippen molar-refractivity contribution in [2.45, 2.75) is 6.54 Å². The number of amides is 1. The van der Waals surface area contributed by atoms with Crippen molar-refractivity contribution in [2.75, 3.05) is 18.6 Å². The largest absolute Gasteiger partial charge is 0.468 e. The third kappa shape index (κ3) is 1.62. The first-order valence-corrected chi connectivity index (χ1v) is 5.70. The van der Waals surface area contributed by atoms with Crippen LogP contribution in [-0.4, -0.2) is 35.1 Å². The molecule has 2 aromatic rings. The number of para-hydroxylation sites is 1. The molecule has 7 heteroatoms. The second-order valence-corrected chi connectivity index (χ2v) is 4.25. The number of nitrogens with one attached hydrogen (secondary N) is 1. The number of aromatic amines is 1. The van der Waals surface area contributed by atoms with Crippen LogP contribution in [0.25, 0.3) is 11.0 Å². The van der Waals surface area contributed by atoms with Crippen molar-refractivity contribution in [1.29, 1.82) is 0 Å². The van der Waals surface area contributed by atoms with E-state index < -0.39 is 5.97 Å². The molecule has 1 aliphatic heterocycles. The van der Waals surface area contributed by atoms with Gasteiger partial charge in [0.15, 0.2) is 0 Å². The average molecular weight is 261 g/mol. The average Bonchev–Trinajstić information content (AvgIpc) is 2.71. The van der Waals surface area contributed by atoms with Gasteiger partial charge in [-0.05, 0) is 12.1 Å². The lowest BCUT2D eigenvalue weighted by atomic mass is 10.2. The van der Waals surface area contributed by atoms with Crippen molar-refractivity contribution < 1.29 is 14.3 Å². The summed E-state index contributed by atoms with van der Waals surface area (Å²) in [5.74, 6) is -0.816. The number of carbonyl (C=O) groups excluding carboxylic acids is 2. The van der Waals surface area contributed by atoms with Crippen LogP contribution in [0.2, 0.25) is 0 Å². The molecular weight excluding hydrogens is 250 g/mol. The second kappa shape index (κ2) is 3.98. The van der Waals surface area contributed by atoms with E-state index in [-0.39, 0.29) is 24.7 Å². The molecule has 0 fully saturated rings. The molecule has 19 heavy (non-hydrogen) atoms. The highest BCUT2D eigenvalue weighted by Gasteiger charge is 2.29. The number of methoxy groups -OCH3 is 1. The van der Waals surface area contributed by atoms with E-state index in [1.165, 1.54) is 16.6 Å². The molecule has 0 saturated carbocycles. The fraction of sp³-hybridized carbons (Fsp3) is 0.250. The monoisotopic (exact) mass is 261 g/mol. The van der Waals surface area contributed by atoms with Crippen LogP contribution in [0.3, 0.4) is 0 Å². The van der Waals surface area contributed by atoms with Crippen molar-refractivity contribution in [3.05, 3.63) is 28.7 Å². The molecular formula is C12H11N3O4. The number of benzene rings is 1. The predicted octanol–water partition coefficient (Wildman–Crippen LogP) is -0.151. The minimum Gasteiger partial charge on any atom is -0.468 e. The van der Waals surface area contributed by atoms with Gasteiger partial charge in [0.25, 0.3) is 0 Å². The molecule has 1 aromatic heterocycles. The molecule has 1 N–H and O–H groups in total. The van der Waals surface area contributed by atoms with E-state index in [2.05, 4.69) is 9.72 Å². The van der Waals surface area contributed by atoms with Crippen molar-refractivity contribution in [3.8, 4) is 0 Å². The molecule has 0 bridgehead atoms. The molecule has 98 valence electrons. The summed E-state index contributed by atoms with van der Waals surface area (Å²) in [6.45, 7) is -0.235. The Hall–Kier alpha value is -2.57. The highest BCUT2D eigenvalue weighted by molar-refractivity contribution is 6.07. The summed E-state index contributed by atoms with van der Waals surface area (Å²) in [7, 11) is 1.27. The van der Waals surface area contributed by atoms with E-state index in [0.717, 1.165) is 0 Å². The van der Waals surface area contributed by atoms with Crippen LogP contribution < -0.4 is 10.6 Å². The van der Waals surface area contributed by atoms with Gasteiger partial charge in [-0.1, -0.05) is 6.07 Å². The fourth-order valence-electron chi connectivity index (χ4n) is 2.29. The predicted molar refractivity (Wildman–Crippen MR) is 66.9 cm³/mol. The summed E-state index contributed by atoms with van der Waals surface area (Å²) in [6.07, 6.45) is 0. The Labute approximate surface area is 107 Å². The Kier molecular flexibility index (Phi) is 2.41. The van der Waals surface area contributed by atoms with Gasteiger partial charge in [0.2, 0.25) is 5.91 Å². The Morgan fingerprint density at radius 3 is 2.95 bits per heavy atom. The first-order chi connectivity index (χ1) is 9.11. The third-order valence-electron chi connectivity index (χ3n) is 3.17. The van der Waals surface area contributed by atoms with Crippen molar-refractivity contribution in [3.63, 3.8) is 0 Å². The van der Waals surface area contributed by atoms with E-state index in [1.54, 1.807) is 18.2 Å². The van der Waals surface area contributed by atoms with Gasteiger partial charge in [-0.15, -0.1) is 0 Å². The summed E-state index contributed by atoms with van der Waals surface area (Å²) in [5.41, 5.74) is 1.49. The van der Waals surface area contributed by atoms with E-state index >= 15 is 0 Å². The Bertz CT molecular complexity index is 743. The molecule has 0 radical (unpaired) electrons. The van der Waals surface area contributed by atoms with Gasteiger partial charge in [-0.2, -0.15) is 0 Å². The highest BCUT2D eigenvalue weighted by atomic mass is 16.5. The third-order valence-corrected chi connectivity index (χ3v) is 3.17. The minimum absolute atomic E-state index is 0.0765. The van der Waals surface area contributed by atoms with Gasteiger partial charge in [0.05, 0.1) is 23.8 Å². The number of esters is 1. The van der Waals surface area contributed by atoms with Crippen molar-refractivity contribution in [1.82, 2.24) is 9.55 Å². The zero-order chi connectivity index (χ0) is 13.6. The van der Waals surface area contributed by atoms with Crippen LogP contribution in [0.15, 0.2) is 23.0 Å². The SMILES string of the molecule is COC(=O)CN1C(=O)Cn2c(=O)[nH]c3cccc1c32. The van der Waals surface area contributed by atoms with Gasteiger partial charge in [-0.3, -0.25) is 19.1 Å². The quantitative estimate of drug-likeness (QED) is 0.762. The van der Waals surface area contributed by atoms with Crippen molar-refractivity contribution in [2.24, 2.45) is 0 Å². The number of H-pyrrole nitrogens is 1. The molecule has 0 saturated heterocycles. The summed E-state index contributed by atoms with van der Waals surface area (Å²) in [4.78, 5) is 39.2.